The Morgan fingerprint density at radius 3 is 2.49 bits per heavy atom. The first-order valence-electron chi connectivity index (χ1n) is 12.4. The smallest absolute Gasteiger partial charge is 0.343 e. The largest absolute Gasteiger partial charge is 0.387 e. The third kappa shape index (κ3) is 5.98. The zero-order chi connectivity index (χ0) is 27.9. The number of halogens is 1. The predicted octanol–water partition coefficient (Wildman–Crippen LogP) is 1.61. The van der Waals surface area contributed by atoms with Gasteiger partial charge in [-0.1, -0.05) is 43.2 Å². The summed E-state index contributed by atoms with van der Waals surface area (Å²) in [6, 6.07) is 8.28. The van der Waals surface area contributed by atoms with Crippen LogP contribution in [0.1, 0.15) is 37.5 Å². The number of hydrogen-bond acceptors (Lipinski definition) is 10. The van der Waals surface area contributed by atoms with Crippen LogP contribution in [-0.4, -0.2) is 83.3 Å². The van der Waals surface area contributed by atoms with E-state index in [1.807, 2.05) is 0 Å². The Kier molecular flexibility index (Phi) is 8.01. The highest BCUT2D eigenvalue weighted by Crippen LogP contribution is 2.47. The molecule has 5 N–H and O–H groups in total. The topological polar surface area (TPSA) is 197 Å². The molecule has 0 bridgehead atoms. The molecule has 2 aliphatic rings. The summed E-state index contributed by atoms with van der Waals surface area (Å²) in [7, 11) is -9.64. The fourth-order valence-corrected chi connectivity index (χ4v) is 9.09. The Morgan fingerprint density at radius 1 is 1.13 bits per heavy atom. The molecule has 212 valence electrons. The van der Waals surface area contributed by atoms with E-state index in [1.54, 1.807) is 30.3 Å². The Balaban J connectivity index is 1.39. The second-order valence-corrected chi connectivity index (χ2v) is 14.6. The minimum Gasteiger partial charge on any atom is -0.387 e. The van der Waals surface area contributed by atoms with Crippen LogP contribution in [0.25, 0.3) is 11.0 Å². The van der Waals surface area contributed by atoms with Gasteiger partial charge in [0.15, 0.2) is 26.7 Å². The van der Waals surface area contributed by atoms with E-state index >= 15 is 0 Å². The van der Waals surface area contributed by atoms with Crippen molar-refractivity contribution in [2.45, 2.75) is 67.7 Å². The summed E-state index contributed by atoms with van der Waals surface area (Å²) < 4.78 is 45.6. The van der Waals surface area contributed by atoms with Crippen molar-refractivity contribution in [1.29, 1.82) is 0 Å². The van der Waals surface area contributed by atoms with Gasteiger partial charge in [-0.15, -0.1) is 0 Å². The molecule has 1 aliphatic carbocycles. The fourth-order valence-electron chi connectivity index (χ4n) is 5.14. The summed E-state index contributed by atoms with van der Waals surface area (Å²) in [5.74, 6) is -0.478. The van der Waals surface area contributed by atoms with Crippen molar-refractivity contribution in [3.05, 3.63) is 47.4 Å². The Bertz CT molecular complexity index is 1480. The van der Waals surface area contributed by atoms with Gasteiger partial charge in [-0.2, -0.15) is 15.1 Å². The lowest BCUT2D eigenvalue weighted by molar-refractivity contribution is -0.0365. The number of aliphatic hydroxyl groups excluding tert-OH is 2. The number of ether oxygens (including phenoxy) is 1. The van der Waals surface area contributed by atoms with Crippen LogP contribution in [0.2, 0.25) is 5.28 Å². The van der Waals surface area contributed by atoms with Crippen LogP contribution in [-0.2, 0) is 25.6 Å². The van der Waals surface area contributed by atoms with E-state index in [0.717, 1.165) is 25.7 Å². The second-order valence-electron chi connectivity index (χ2n) is 9.90. The van der Waals surface area contributed by atoms with Crippen LogP contribution in [0.4, 0.5) is 5.82 Å². The van der Waals surface area contributed by atoms with Gasteiger partial charge < -0.3 is 30.1 Å². The highest BCUT2D eigenvalue weighted by atomic mass is 35.5. The van der Waals surface area contributed by atoms with Gasteiger partial charge in [0.1, 0.15) is 24.1 Å². The van der Waals surface area contributed by atoms with Gasteiger partial charge in [0.2, 0.25) is 5.28 Å². The van der Waals surface area contributed by atoms with Gasteiger partial charge >= 0.3 is 7.60 Å². The first-order valence-corrected chi connectivity index (χ1v) is 16.2. The zero-order valence-corrected chi connectivity index (χ0v) is 23.1. The molecule has 3 heterocycles. The van der Waals surface area contributed by atoms with Crippen LogP contribution < -0.4 is 5.32 Å². The maximum atomic E-state index is 13.2. The van der Waals surface area contributed by atoms with Gasteiger partial charge in [0.25, 0.3) is 0 Å². The van der Waals surface area contributed by atoms with Crippen molar-refractivity contribution in [3.8, 4) is 0 Å². The molecule has 5 rings (SSSR count). The van der Waals surface area contributed by atoms with E-state index in [4.69, 9.17) is 16.3 Å². The van der Waals surface area contributed by atoms with Gasteiger partial charge in [0, 0.05) is 12.5 Å². The SMILES string of the molecule is O=P(O)(O)[C@@H](Cc1ccccc1)S(=O)(=O)C[C@H]1O[C@@H](n2ncc3c(NC4CCCC4)nc(Cl)nc32)[C@H](O)[C@@H]1O. The lowest BCUT2D eigenvalue weighted by Gasteiger charge is -2.22. The minimum absolute atomic E-state index is 0.0812. The second kappa shape index (κ2) is 11.0. The van der Waals surface area contributed by atoms with Crippen LogP contribution in [0, 0.1) is 0 Å². The molecule has 39 heavy (non-hydrogen) atoms. The van der Waals surface area contributed by atoms with Crippen molar-refractivity contribution in [1.82, 2.24) is 19.7 Å². The number of nitrogens with one attached hydrogen (secondary N) is 1. The average Bonchev–Trinajstić information content (AvgIpc) is 3.59. The quantitative estimate of drug-likeness (QED) is 0.176. The third-order valence-corrected chi connectivity index (χ3v) is 11.8. The monoisotopic (exact) mass is 601 g/mol. The van der Waals surface area contributed by atoms with E-state index in [2.05, 4.69) is 20.4 Å². The number of fused-ring (bicyclic) bond motifs is 1. The molecule has 0 unspecified atom stereocenters. The fraction of sp³-hybridized carbons (Fsp3) is 0.522. The van der Waals surface area contributed by atoms with Crippen LogP contribution in [0.3, 0.4) is 0 Å². The molecular formula is C23H29ClN5O8PS. The zero-order valence-electron chi connectivity index (χ0n) is 20.6. The summed E-state index contributed by atoms with van der Waals surface area (Å²) in [5.41, 5.74) is 0.620. The normalized spacial score (nSPS) is 25.4. The molecular weight excluding hydrogens is 573 g/mol. The van der Waals surface area contributed by atoms with Crippen LogP contribution >= 0.6 is 19.2 Å². The highest BCUT2D eigenvalue weighted by Gasteiger charge is 2.49. The number of sulfone groups is 1. The molecule has 2 aromatic heterocycles. The first kappa shape index (κ1) is 28.4. The van der Waals surface area contributed by atoms with E-state index in [0.29, 0.717) is 16.8 Å². The number of aliphatic hydroxyl groups is 2. The minimum atomic E-state index is -5.12. The summed E-state index contributed by atoms with van der Waals surface area (Å²) >= 11 is 6.16. The van der Waals surface area contributed by atoms with Gasteiger partial charge in [-0.05, 0) is 30.0 Å². The molecule has 13 nitrogen and oxygen atoms in total. The Hall–Kier alpha value is -2.16. The predicted molar refractivity (Wildman–Crippen MR) is 142 cm³/mol. The standard InChI is InChI=1S/C23H29ClN5O8PS/c24-23-27-20(26-14-8-4-5-9-14)15-11-25-29(21(15)28-23)22-19(31)18(30)16(37-22)12-39(35,36)17(38(32,33)34)10-13-6-2-1-3-7-13/h1-3,6-7,11,14,16-19,22,30-31H,4-5,8-10,12H2,(H,26,27,28)(H2,32,33,34)/t16-,17-,18-,19-,22-/m1/s1. The third-order valence-electron chi connectivity index (χ3n) is 7.14. The summed E-state index contributed by atoms with van der Waals surface area (Å²) in [4.78, 5) is 26.2. The first-order chi connectivity index (χ1) is 18.4. The van der Waals surface area contributed by atoms with Crippen LogP contribution in [0.5, 0.6) is 0 Å². The number of benzene rings is 1. The molecule has 0 spiro atoms. The molecule has 5 atom stereocenters. The maximum absolute atomic E-state index is 13.2. The molecule has 16 heteroatoms. The van der Waals surface area contributed by atoms with Crippen molar-refractivity contribution in [3.63, 3.8) is 0 Å². The molecule has 1 saturated carbocycles. The van der Waals surface area contributed by atoms with Crippen molar-refractivity contribution in [2.75, 3.05) is 11.1 Å². The van der Waals surface area contributed by atoms with Gasteiger partial charge in [0.05, 0.1) is 17.3 Å². The molecule has 1 saturated heterocycles. The molecule has 0 amide bonds. The molecule has 1 aromatic carbocycles. The van der Waals surface area contributed by atoms with Crippen molar-refractivity contribution < 1.29 is 37.7 Å². The maximum Gasteiger partial charge on any atom is 0.343 e. The molecule has 0 radical (unpaired) electrons. The number of anilines is 1. The Labute approximate surface area is 229 Å². The molecule has 3 aromatic rings. The summed E-state index contributed by atoms with van der Waals surface area (Å²) in [6.45, 7) is 0. The van der Waals surface area contributed by atoms with E-state index in [9.17, 15) is 33.0 Å². The lowest BCUT2D eigenvalue weighted by atomic mass is 10.1. The molecule has 1 aliphatic heterocycles. The number of aromatic nitrogens is 4. The Morgan fingerprint density at radius 2 is 1.82 bits per heavy atom. The number of hydrogen-bond donors (Lipinski definition) is 5. The number of nitrogens with zero attached hydrogens (tertiary/aromatic N) is 4. The van der Waals surface area contributed by atoms with E-state index < -0.39 is 59.1 Å². The number of rotatable bonds is 9. The van der Waals surface area contributed by atoms with Gasteiger partial charge in [-0.3, -0.25) is 4.57 Å². The van der Waals surface area contributed by atoms with Crippen molar-refractivity contribution >= 4 is 45.9 Å². The van der Waals surface area contributed by atoms with Gasteiger partial charge in [-0.25, -0.2) is 13.1 Å². The van der Waals surface area contributed by atoms with Crippen LogP contribution in [0.15, 0.2) is 36.5 Å². The lowest BCUT2D eigenvalue weighted by Crippen LogP contribution is -2.38. The summed E-state index contributed by atoms with van der Waals surface area (Å²) in [6.07, 6.45) is -0.972. The molecule has 2 fully saturated rings. The summed E-state index contributed by atoms with van der Waals surface area (Å²) in [5, 5.41) is 29.5. The van der Waals surface area contributed by atoms with Crippen molar-refractivity contribution in [2.24, 2.45) is 0 Å². The highest BCUT2D eigenvalue weighted by molar-refractivity contribution is 7.98. The average molecular weight is 602 g/mol. The van der Waals surface area contributed by atoms with E-state index in [1.165, 1.54) is 10.9 Å². The van der Waals surface area contributed by atoms with E-state index in [-0.39, 0.29) is 17.0 Å².